The maximum atomic E-state index is 13.1. The molecule has 1 saturated heterocycles. The second-order valence-corrected chi connectivity index (χ2v) is 22.2. The fourth-order valence-electron chi connectivity index (χ4n) is 10.1. The summed E-state index contributed by atoms with van der Waals surface area (Å²) in [5.74, 6) is -0.140. The van der Waals surface area contributed by atoms with Crippen LogP contribution in [0.5, 0.6) is 0 Å². The number of nitrogens with one attached hydrogen (secondary N) is 1. The molecule has 9 heteroatoms. The Hall–Kier alpha value is -2.11. The number of hydrogen-bond acceptors (Lipinski definition) is 8. The molecule has 0 saturated carbocycles. The first-order valence-corrected chi connectivity index (χ1v) is 32.0. The van der Waals surface area contributed by atoms with Crippen molar-refractivity contribution in [3.63, 3.8) is 0 Å². The van der Waals surface area contributed by atoms with E-state index in [0.29, 0.717) is 12.8 Å². The lowest BCUT2D eigenvalue weighted by atomic mass is 9.99. The zero-order chi connectivity index (χ0) is 54.3. The SMILES string of the molecule is CC/C=C\C/C=C\C/C=C\C/C=C\C/C=C\CCCCCCCCCCCCCCCCCCCCCC(=O)NC(COC1OC(CO)C(O)C(O)C1O)C(O)CCCCCCCCCCCCCCCCCCC. The van der Waals surface area contributed by atoms with Crippen LogP contribution in [-0.4, -0.2) is 87.5 Å². The van der Waals surface area contributed by atoms with E-state index in [-0.39, 0.29) is 12.5 Å². The van der Waals surface area contributed by atoms with Gasteiger partial charge in [0.1, 0.15) is 24.4 Å². The highest BCUT2D eigenvalue weighted by atomic mass is 16.7. The van der Waals surface area contributed by atoms with Gasteiger partial charge in [-0.15, -0.1) is 0 Å². The Bertz CT molecular complexity index is 1360. The summed E-state index contributed by atoms with van der Waals surface area (Å²) < 4.78 is 11.3. The lowest BCUT2D eigenvalue weighted by Crippen LogP contribution is -2.60. The van der Waals surface area contributed by atoms with Crippen LogP contribution >= 0.6 is 0 Å². The molecular weight excluding hydrogens is 935 g/mol. The summed E-state index contributed by atoms with van der Waals surface area (Å²) in [6.45, 7) is 3.75. The van der Waals surface area contributed by atoms with E-state index in [9.17, 15) is 30.3 Å². The molecule has 9 nitrogen and oxygen atoms in total. The van der Waals surface area contributed by atoms with Gasteiger partial charge in [0.05, 0.1) is 25.4 Å². The molecule has 0 aliphatic carbocycles. The second kappa shape index (κ2) is 55.2. The summed E-state index contributed by atoms with van der Waals surface area (Å²) in [6.07, 6.45) is 68.4. The van der Waals surface area contributed by atoms with E-state index in [4.69, 9.17) is 9.47 Å². The van der Waals surface area contributed by atoms with E-state index in [1.54, 1.807) is 0 Å². The topological polar surface area (TPSA) is 149 Å². The zero-order valence-corrected chi connectivity index (χ0v) is 48.8. The van der Waals surface area contributed by atoms with Gasteiger partial charge in [-0.3, -0.25) is 4.79 Å². The van der Waals surface area contributed by atoms with Crippen molar-refractivity contribution in [2.24, 2.45) is 0 Å². The molecule has 1 amide bonds. The number of ether oxygens (including phenoxy) is 2. The van der Waals surface area contributed by atoms with Gasteiger partial charge in [-0.25, -0.2) is 0 Å². The number of carbonyl (C=O) groups excluding carboxylic acids is 1. The summed E-state index contributed by atoms with van der Waals surface area (Å²) in [7, 11) is 0. The third-order valence-electron chi connectivity index (χ3n) is 15.1. The van der Waals surface area contributed by atoms with Crippen LogP contribution in [0.2, 0.25) is 0 Å². The molecule has 0 aromatic heterocycles. The third kappa shape index (κ3) is 44.4. The molecule has 1 aliphatic heterocycles. The molecule has 0 bridgehead atoms. The maximum Gasteiger partial charge on any atom is 0.220 e. The molecule has 1 rings (SSSR count). The number of rotatable bonds is 55. The van der Waals surface area contributed by atoms with Crippen LogP contribution in [0.15, 0.2) is 60.8 Å². The lowest BCUT2D eigenvalue weighted by Gasteiger charge is -2.40. The van der Waals surface area contributed by atoms with E-state index in [1.165, 1.54) is 199 Å². The van der Waals surface area contributed by atoms with Crippen molar-refractivity contribution in [1.82, 2.24) is 5.32 Å². The molecule has 438 valence electrons. The first-order valence-electron chi connectivity index (χ1n) is 32.0. The van der Waals surface area contributed by atoms with E-state index < -0.39 is 49.5 Å². The minimum absolute atomic E-state index is 0.136. The van der Waals surface area contributed by atoms with E-state index in [2.05, 4.69) is 79.9 Å². The predicted molar refractivity (Wildman–Crippen MR) is 318 cm³/mol. The Labute approximate surface area is 462 Å². The molecular formula is C66H121NO8. The van der Waals surface area contributed by atoms with E-state index in [1.807, 2.05) is 0 Å². The smallest absolute Gasteiger partial charge is 0.220 e. The van der Waals surface area contributed by atoms with Crippen molar-refractivity contribution in [3.8, 4) is 0 Å². The van der Waals surface area contributed by atoms with Crippen molar-refractivity contribution in [2.45, 2.75) is 339 Å². The average molecular weight is 1060 g/mol. The van der Waals surface area contributed by atoms with Crippen molar-refractivity contribution < 1.29 is 39.8 Å². The zero-order valence-electron chi connectivity index (χ0n) is 48.8. The van der Waals surface area contributed by atoms with Crippen LogP contribution in [0, 0.1) is 0 Å². The summed E-state index contributed by atoms with van der Waals surface area (Å²) >= 11 is 0. The first kappa shape index (κ1) is 70.9. The highest BCUT2D eigenvalue weighted by Gasteiger charge is 2.44. The van der Waals surface area contributed by atoms with Crippen molar-refractivity contribution in [3.05, 3.63) is 60.8 Å². The van der Waals surface area contributed by atoms with Crippen LogP contribution in [0.3, 0.4) is 0 Å². The molecule has 0 radical (unpaired) electrons. The standard InChI is InChI=1S/C66H121NO8/c1-3-5-7-9-11-13-15-17-19-21-22-23-24-25-26-27-28-29-30-31-32-33-34-35-36-37-38-40-42-44-46-48-50-52-54-56-62(70)67-59(58-74-66-65(73)64(72)63(71)61(57-68)75-66)60(69)55-53-51-49-47-45-43-41-39-20-18-16-14-12-10-8-6-4-2/h5,7,11,13,17,19,22-23,25-26,59-61,63-66,68-69,71-73H,3-4,6,8-10,12,14-16,18,20-21,24,27-58H2,1-2H3,(H,67,70)/b7-5-,13-11-,19-17-,23-22-,26-25-. The maximum absolute atomic E-state index is 13.1. The number of hydrogen-bond donors (Lipinski definition) is 6. The number of carbonyl (C=O) groups is 1. The fraction of sp³-hybridized carbons (Fsp3) is 0.833. The Morgan fingerprint density at radius 3 is 1.23 bits per heavy atom. The molecule has 6 N–H and O–H groups in total. The van der Waals surface area contributed by atoms with Gasteiger partial charge in [-0.2, -0.15) is 0 Å². The molecule has 0 aromatic rings. The predicted octanol–water partition coefficient (Wildman–Crippen LogP) is 16.6. The van der Waals surface area contributed by atoms with Gasteiger partial charge in [0.2, 0.25) is 5.91 Å². The average Bonchev–Trinajstić information content (AvgIpc) is 3.41. The van der Waals surface area contributed by atoms with Gasteiger partial charge >= 0.3 is 0 Å². The van der Waals surface area contributed by atoms with Crippen LogP contribution in [-0.2, 0) is 14.3 Å². The molecule has 1 aliphatic rings. The molecule has 7 atom stereocenters. The van der Waals surface area contributed by atoms with Gasteiger partial charge in [0.15, 0.2) is 6.29 Å². The molecule has 1 fully saturated rings. The number of aliphatic hydroxyl groups is 5. The van der Waals surface area contributed by atoms with Crippen LogP contribution in [0.25, 0.3) is 0 Å². The largest absolute Gasteiger partial charge is 0.394 e. The van der Waals surface area contributed by atoms with Gasteiger partial charge in [0.25, 0.3) is 0 Å². The normalized spacial score (nSPS) is 19.3. The minimum Gasteiger partial charge on any atom is -0.394 e. The Morgan fingerprint density at radius 2 is 0.827 bits per heavy atom. The Balaban J connectivity index is 2.09. The number of unbranched alkanes of at least 4 members (excludes halogenated alkanes) is 35. The highest BCUT2D eigenvalue weighted by molar-refractivity contribution is 5.76. The lowest BCUT2D eigenvalue weighted by molar-refractivity contribution is -0.302. The summed E-state index contributed by atoms with van der Waals surface area (Å²) in [6, 6.07) is -0.719. The molecule has 0 spiro atoms. The van der Waals surface area contributed by atoms with Crippen LogP contribution < -0.4 is 5.32 Å². The third-order valence-corrected chi connectivity index (χ3v) is 15.1. The number of aliphatic hydroxyl groups excluding tert-OH is 5. The second-order valence-electron chi connectivity index (χ2n) is 22.2. The van der Waals surface area contributed by atoms with Gasteiger partial charge in [0, 0.05) is 6.42 Å². The molecule has 1 heterocycles. The number of allylic oxidation sites excluding steroid dienone is 10. The van der Waals surface area contributed by atoms with Crippen molar-refractivity contribution in [1.29, 1.82) is 0 Å². The molecule has 75 heavy (non-hydrogen) atoms. The van der Waals surface area contributed by atoms with Crippen molar-refractivity contribution in [2.75, 3.05) is 13.2 Å². The minimum atomic E-state index is -1.55. The summed E-state index contributed by atoms with van der Waals surface area (Å²) in [5.41, 5.74) is 0. The van der Waals surface area contributed by atoms with Crippen LogP contribution in [0.1, 0.15) is 296 Å². The summed E-state index contributed by atoms with van der Waals surface area (Å²) in [5, 5.41) is 54.8. The van der Waals surface area contributed by atoms with Crippen LogP contribution in [0.4, 0.5) is 0 Å². The summed E-state index contributed by atoms with van der Waals surface area (Å²) in [4.78, 5) is 13.1. The van der Waals surface area contributed by atoms with E-state index in [0.717, 1.165) is 70.6 Å². The molecule has 0 aromatic carbocycles. The fourth-order valence-corrected chi connectivity index (χ4v) is 10.1. The molecule has 7 unspecified atom stereocenters. The van der Waals surface area contributed by atoms with Gasteiger partial charge in [-0.05, 0) is 57.8 Å². The first-order chi connectivity index (χ1) is 36.8. The number of amides is 1. The Morgan fingerprint density at radius 1 is 0.467 bits per heavy atom. The quantitative estimate of drug-likeness (QED) is 0.0261. The van der Waals surface area contributed by atoms with E-state index >= 15 is 0 Å². The Kier molecular flexibility index (Phi) is 52.2. The van der Waals surface area contributed by atoms with Crippen molar-refractivity contribution >= 4 is 5.91 Å². The highest BCUT2D eigenvalue weighted by Crippen LogP contribution is 2.23. The van der Waals surface area contributed by atoms with Gasteiger partial charge in [-0.1, -0.05) is 293 Å². The monoisotopic (exact) mass is 1060 g/mol. The van der Waals surface area contributed by atoms with Gasteiger partial charge < -0.3 is 40.3 Å².